The lowest BCUT2D eigenvalue weighted by Crippen LogP contribution is -2.48. The van der Waals surface area contributed by atoms with Crippen LogP contribution in [0.2, 0.25) is 10.0 Å². The minimum Gasteiger partial charge on any atom is -0.507 e. The minimum atomic E-state index is -0.995. The van der Waals surface area contributed by atoms with Gasteiger partial charge < -0.3 is 24.8 Å². The Morgan fingerprint density at radius 3 is 2.06 bits per heavy atom. The molecule has 2 aromatic rings. The first-order valence-electron chi connectivity index (χ1n) is 10.9. The van der Waals surface area contributed by atoms with E-state index in [1.54, 1.807) is 13.8 Å². The van der Waals surface area contributed by atoms with E-state index in [1.165, 1.54) is 36.4 Å². The predicted octanol–water partition coefficient (Wildman–Crippen LogP) is 4.05. The standard InChI is InChI=1S/C24H24Cl2N2O7/c1-3-34-23(32)18-9-10-19(24(33)35-4-2)28(18)22(31)15-7-6-14(12-20(15)29)27-21(30)13-5-8-16(25)17(26)11-13/h5-8,11-12,18-19,29H,3-4,9-10H2,1-2H3,(H,27,30). The maximum Gasteiger partial charge on any atom is 0.328 e. The van der Waals surface area contributed by atoms with Gasteiger partial charge in [0, 0.05) is 17.3 Å². The molecule has 0 saturated carbocycles. The van der Waals surface area contributed by atoms with E-state index < -0.39 is 41.6 Å². The van der Waals surface area contributed by atoms with Crippen LogP contribution in [0.4, 0.5) is 5.69 Å². The lowest BCUT2D eigenvalue weighted by atomic mass is 10.1. The van der Waals surface area contributed by atoms with Gasteiger partial charge in [-0.2, -0.15) is 0 Å². The van der Waals surface area contributed by atoms with Gasteiger partial charge in [-0.25, -0.2) is 9.59 Å². The molecule has 2 atom stereocenters. The number of benzene rings is 2. The molecule has 1 heterocycles. The second kappa shape index (κ2) is 11.4. The first-order chi connectivity index (χ1) is 16.7. The molecule has 2 amide bonds. The molecule has 2 unspecified atom stereocenters. The van der Waals surface area contributed by atoms with Crippen molar-refractivity contribution in [3.63, 3.8) is 0 Å². The van der Waals surface area contributed by atoms with E-state index in [2.05, 4.69) is 5.32 Å². The summed E-state index contributed by atoms with van der Waals surface area (Å²) in [6.45, 7) is 3.50. The van der Waals surface area contributed by atoms with Crippen molar-refractivity contribution in [2.24, 2.45) is 0 Å². The van der Waals surface area contributed by atoms with E-state index in [-0.39, 0.29) is 47.9 Å². The molecule has 186 valence electrons. The molecule has 3 rings (SSSR count). The molecule has 1 aliphatic rings. The van der Waals surface area contributed by atoms with Gasteiger partial charge in [0.05, 0.1) is 28.8 Å². The number of hydrogen-bond acceptors (Lipinski definition) is 7. The summed E-state index contributed by atoms with van der Waals surface area (Å²) >= 11 is 11.8. The smallest absolute Gasteiger partial charge is 0.328 e. The third-order valence-corrected chi connectivity index (χ3v) is 6.14. The van der Waals surface area contributed by atoms with Gasteiger partial charge in [-0.3, -0.25) is 9.59 Å². The lowest BCUT2D eigenvalue weighted by molar-refractivity contribution is -0.151. The van der Waals surface area contributed by atoms with Crippen LogP contribution in [0.3, 0.4) is 0 Å². The molecular formula is C24H24Cl2N2O7. The summed E-state index contributed by atoms with van der Waals surface area (Å²) in [5.41, 5.74) is 0.300. The number of nitrogens with one attached hydrogen (secondary N) is 1. The van der Waals surface area contributed by atoms with Crippen molar-refractivity contribution in [1.29, 1.82) is 0 Å². The zero-order valence-corrected chi connectivity index (χ0v) is 20.6. The topological polar surface area (TPSA) is 122 Å². The fourth-order valence-electron chi connectivity index (χ4n) is 3.80. The summed E-state index contributed by atoms with van der Waals surface area (Å²) < 4.78 is 10.1. The Hall–Kier alpha value is -3.30. The Labute approximate surface area is 211 Å². The molecule has 1 fully saturated rings. The maximum atomic E-state index is 13.4. The first kappa shape index (κ1) is 26.3. The van der Waals surface area contributed by atoms with Crippen molar-refractivity contribution in [2.45, 2.75) is 38.8 Å². The largest absolute Gasteiger partial charge is 0.507 e. The highest BCUT2D eigenvalue weighted by Gasteiger charge is 2.46. The van der Waals surface area contributed by atoms with Crippen LogP contribution in [0.1, 0.15) is 47.4 Å². The second-order valence-electron chi connectivity index (χ2n) is 7.64. The number of anilines is 1. The number of nitrogens with zero attached hydrogens (tertiary/aromatic N) is 1. The van der Waals surface area contributed by atoms with Crippen LogP contribution in [-0.4, -0.2) is 59.1 Å². The molecule has 35 heavy (non-hydrogen) atoms. The van der Waals surface area contributed by atoms with Gasteiger partial charge in [-0.05, 0) is 57.0 Å². The predicted molar refractivity (Wildman–Crippen MR) is 129 cm³/mol. The molecule has 1 aliphatic heterocycles. The average molecular weight is 523 g/mol. The zero-order chi connectivity index (χ0) is 25.7. The van der Waals surface area contributed by atoms with Crippen LogP contribution in [0.5, 0.6) is 5.75 Å². The second-order valence-corrected chi connectivity index (χ2v) is 8.45. The van der Waals surface area contributed by atoms with Crippen LogP contribution < -0.4 is 5.32 Å². The van der Waals surface area contributed by atoms with Crippen molar-refractivity contribution >= 4 is 52.6 Å². The summed E-state index contributed by atoms with van der Waals surface area (Å²) in [6, 6.07) is 6.28. The van der Waals surface area contributed by atoms with Gasteiger partial charge >= 0.3 is 11.9 Å². The molecule has 0 bridgehead atoms. The highest BCUT2D eigenvalue weighted by molar-refractivity contribution is 6.42. The Balaban J connectivity index is 1.84. The Kier molecular flexibility index (Phi) is 8.58. The van der Waals surface area contributed by atoms with Crippen molar-refractivity contribution in [3.8, 4) is 5.75 Å². The summed E-state index contributed by atoms with van der Waals surface area (Å²) in [6.07, 6.45) is 0.430. The van der Waals surface area contributed by atoms with E-state index >= 15 is 0 Å². The van der Waals surface area contributed by atoms with Crippen LogP contribution in [0.15, 0.2) is 36.4 Å². The van der Waals surface area contributed by atoms with Crippen molar-refractivity contribution < 1.29 is 33.8 Å². The van der Waals surface area contributed by atoms with Crippen molar-refractivity contribution in [1.82, 2.24) is 4.90 Å². The molecule has 2 N–H and O–H groups in total. The number of esters is 2. The van der Waals surface area contributed by atoms with Gasteiger partial charge in [0.15, 0.2) is 0 Å². The van der Waals surface area contributed by atoms with Crippen LogP contribution in [-0.2, 0) is 19.1 Å². The molecule has 0 aromatic heterocycles. The quantitative estimate of drug-likeness (QED) is 0.525. The van der Waals surface area contributed by atoms with Gasteiger partial charge in [-0.1, -0.05) is 23.2 Å². The van der Waals surface area contributed by atoms with E-state index in [4.69, 9.17) is 32.7 Å². The van der Waals surface area contributed by atoms with Crippen LogP contribution >= 0.6 is 23.2 Å². The zero-order valence-electron chi connectivity index (χ0n) is 19.0. The van der Waals surface area contributed by atoms with E-state index in [0.717, 1.165) is 4.90 Å². The molecule has 11 heteroatoms. The van der Waals surface area contributed by atoms with E-state index in [0.29, 0.717) is 5.02 Å². The number of halogens is 2. The Bertz CT molecular complexity index is 1130. The molecular weight excluding hydrogens is 499 g/mol. The monoisotopic (exact) mass is 522 g/mol. The fourth-order valence-corrected chi connectivity index (χ4v) is 4.10. The number of likely N-dealkylation sites (tertiary alicyclic amines) is 1. The number of carbonyl (C=O) groups is 4. The summed E-state index contributed by atoms with van der Waals surface area (Å²) in [5, 5.41) is 13.7. The molecule has 0 spiro atoms. The number of rotatable bonds is 7. The fraction of sp³-hybridized carbons (Fsp3) is 0.333. The summed E-state index contributed by atoms with van der Waals surface area (Å²) in [4.78, 5) is 51.9. The molecule has 0 aliphatic carbocycles. The van der Waals surface area contributed by atoms with E-state index in [1.807, 2.05) is 0 Å². The van der Waals surface area contributed by atoms with Gasteiger partial charge in [0.2, 0.25) is 0 Å². The molecule has 9 nitrogen and oxygen atoms in total. The SMILES string of the molecule is CCOC(=O)C1CCC(C(=O)OCC)N1C(=O)c1ccc(NC(=O)c2ccc(Cl)c(Cl)c2)cc1O. The van der Waals surface area contributed by atoms with Crippen molar-refractivity contribution in [3.05, 3.63) is 57.6 Å². The van der Waals surface area contributed by atoms with Gasteiger partial charge in [0.1, 0.15) is 17.8 Å². The maximum absolute atomic E-state index is 13.4. The van der Waals surface area contributed by atoms with E-state index in [9.17, 15) is 24.3 Å². The third kappa shape index (κ3) is 5.86. The number of phenolic OH excluding ortho intramolecular Hbond substituents is 1. The number of amides is 2. The number of phenols is 1. The first-order valence-corrected chi connectivity index (χ1v) is 11.7. The molecule has 0 radical (unpaired) electrons. The van der Waals surface area contributed by atoms with Gasteiger partial charge in [-0.15, -0.1) is 0 Å². The summed E-state index contributed by atoms with van der Waals surface area (Å²) in [7, 11) is 0. The number of aromatic hydroxyl groups is 1. The van der Waals surface area contributed by atoms with Crippen LogP contribution in [0.25, 0.3) is 0 Å². The normalized spacial score (nSPS) is 17.1. The highest BCUT2D eigenvalue weighted by Crippen LogP contribution is 2.32. The van der Waals surface area contributed by atoms with Gasteiger partial charge in [0.25, 0.3) is 11.8 Å². The average Bonchev–Trinajstić information content (AvgIpc) is 3.26. The minimum absolute atomic E-state index is 0.111. The summed E-state index contributed by atoms with van der Waals surface area (Å²) in [5.74, 6) is -2.97. The third-order valence-electron chi connectivity index (χ3n) is 5.40. The number of ether oxygens (including phenoxy) is 2. The highest BCUT2D eigenvalue weighted by atomic mass is 35.5. The Morgan fingerprint density at radius 2 is 1.54 bits per heavy atom. The Morgan fingerprint density at radius 1 is 0.943 bits per heavy atom. The molecule has 2 aromatic carbocycles. The molecule has 1 saturated heterocycles. The number of hydrogen-bond donors (Lipinski definition) is 2. The lowest BCUT2D eigenvalue weighted by Gasteiger charge is -2.28. The van der Waals surface area contributed by atoms with Crippen LogP contribution in [0, 0.1) is 0 Å². The van der Waals surface area contributed by atoms with Crippen molar-refractivity contribution in [2.75, 3.05) is 18.5 Å². The number of carbonyl (C=O) groups excluding carboxylic acids is 4.